The van der Waals surface area contributed by atoms with E-state index in [1.54, 1.807) is 59.2 Å². The van der Waals surface area contributed by atoms with Crippen molar-refractivity contribution in [1.82, 2.24) is 14.9 Å². The van der Waals surface area contributed by atoms with Crippen LogP contribution in [0.2, 0.25) is 10.0 Å². The lowest BCUT2D eigenvalue weighted by atomic mass is 9.66. The van der Waals surface area contributed by atoms with Crippen LogP contribution in [0.3, 0.4) is 0 Å². The number of halogens is 2. The molecule has 15 atom stereocenters. The zero-order valence-corrected chi connectivity index (χ0v) is 47.3. The topological polar surface area (TPSA) is 307 Å². The average Bonchev–Trinajstić information content (AvgIpc) is 1.62. The zero-order valence-electron chi connectivity index (χ0n) is 45.0. The lowest BCUT2D eigenvalue weighted by molar-refractivity contribution is -0.368. The second-order valence-corrected chi connectivity index (χ2v) is 23.3. The number of thiophene rings is 1. The van der Waals surface area contributed by atoms with Gasteiger partial charge in [-0.2, -0.15) is 0 Å². The zero-order chi connectivity index (χ0) is 59.0. The molecule has 0 saturated carbocycles. The van der Waals surface area contributed by atoms with E-state index in [9.17, 15) is 45.0 Å². The lowest BCUT2D eigenvalue weighted by Gasteiger charge is -2.48. The molecule has 23 nitrogen and oxygen atoms in total. The van der Waals surface area contributed by atoms with E-state index in [0.717, 1.165) is 4.88 Å². The highest BCUT2D eigenvalue weighted by atomic mass is 35.5. The van der Waals surface area contributed by atoms with Crippen LogP contribution in [0, 0.1) is 11.8 Å². The molecule has 0 bridgehead atoms. The molecule has 8 aromatic rings. The van der Waals surface area contributed by atoms with Crippen LogP contribution in [-0.2, 0) is 38.0 Å². The van der Waals surface area contributed by atoms with Crippen LogP contribution >= 0.6 is 34.5 Å². The predicted octanol–water partition coefficient (Wildman–Crippen LogP) is 6.00. The molecule has 2 amide bonds. The quantitative estimate of drug-likeness (QED) is 0.0607. The molecular weight excluding hydrogens is 1170 g/mol. The number of phenolic OH excluding ortho intramolecular Hbond substituents is 1. The summed E-state index contributed by atoms with van der Waals surface area (Å²) in [5.41, 5.74) is 4.19. The van der Waals surface area contributed by atoms with E-state index in [4.69, 9.17) is 75.3 Å². The molecule has 8 N–H and O–H groups in total. The Kier molecular flexibility index (Phi) is 14.2. The Labute approximate surface area is 494 Å². The van der Waals surface area contributed by atoms with Crippen LogP contribution in [0.1, 0.15) is 66.8 Å². The molecule has 15 rings (SSSR count). The number of hydrogen-bond donors (Lipinski definition) is 8. The van der Waals surface area contributed by atoms with Crippen molar-refractivity contribution in [2.75, 3.05) is 47.9 Å². The van der Waals surface area contributed by atoms with Gasteiger partial charge in [0, 0.05) is 40.5 Å². The van der Waals surface area contributed by atoms with E-state index < -0.39 is 116 Å². The van der Waals surface area contributed by atoms with Gasteiger partial charge in [-0.1, -0.05) is 53.5 Å². The number of aliphatic hydroxyl groups is 5. The second kappa shape index (κ2) is 21.5. The Balaban J connectivity index is 0.000000153. The Morgan fingerprint density at radius 3 is 2.14 bits per heavy atom. The number of hydrogen-bond acceptors (Lipinski definition) is 21. The number of nitrogens with one attached hydrogen (secondary N) is 2. The molecule has 4 saturated heterocycles. The van der Waals surface area contributed by atoms with Crippen LogP contribution in [0.4, 0.5) is 0 Å². The molecule has 85 heavy (non-hydrogen) atoms. The first-order chi connectivity index (χ1) is 41.1. The molecule has 7 aliphatic rings. The first-order valence-corrected chi connectivity index (χ1v) is 28.7. The number of carbonyl (C=O) groups excluding carboxylic acids is 3. The maximum absolute atomic E-state index is 13.5. The minimum atomic E-state index is -1.51. The van der Waals surface area contributed by atoms with Crippen LogP contribution in [-0.4, -0.2) is 161 Å². The number of benzene rings is 5. The summed E-state index contributed by atoms with van der Waals surface area (Å²) in [5.74, 6) is -2.20. The van der Waals surface area contributed by atoms with Gasteiger partial charge in [-0.25, -0.2) is 0 Å². The number of ether oxygens (including phenoxy) is 11. The SMILES string of the molecule is CO[C@H]1[C@H](O)[C@@H](O)[C@H](n2c3c(Cl)cccc3c3c4c(c5c6cccc(Cl)c6[nH]c5c32)C(=O)NC4=O)O[C@@H]1CO.COc1cc([C@@H]2c3cc4c(cc3C(O[C@@H]3O[C@@H]5COC(c6cccs6)O[C@H]5[C@H](O)[C@H]3O)C3COC(=O)[C@@H]32)OCO4)cc(OC)c1O. The van der Waals surface area contributed by atoms with E-state index in [1.165, 1.54) is 32.7 Å². The van der Waals surface area contributed by atoms with Crippen molar-refractivity contribution < 1.29 is 97.1 Å². The molecule has 9 heterocycles. The molecule has 3 aromatic heterocycles. The number of H-pyrrole nitrogens is 1. The fourth-order valence-electron chi connectivity index (χ4n) is 13.4. The second-order valence-electron chi connectivity index (χ2n) is 21.5. The Morgan fingerprint density at radius 1 is 0.741 bits per heavy atom. The number of esters is 1. The van der Waals surface area contributed by atoms with E-state index in [0.29, 0.717) is 76.8 Å². The van der Waals surface area contributed by atoms with Crippen molar-refractivity contribution in [3.8, 4) is 28.7 Å². The van der Waals surface area contributed by atoms with Crippen LogP contribution in [0.25, 0.3) is 43.6 Å². The van der Waals surface area contributed by atoms with E-state index in [1.807, 2.05) is 23.6 Å². The number of aromatic nitrogens is 2. The third-order valence-corrected chi connectivity index (χ3v) is 18.7. The predicted molar refractivity (Wildman–Crippen MR) is 300 cm³/mol. The molecule has 6 aliphatic heterocycles. The molecular formula is C59H53Cl2N3O20S. The molecule has 26 heteroatoms. The fraction of sp³-hybridized carbons (Fsp3) is 0.373. The number of nitrogens with zero attached hydrogens (tertiary/aromatic N) is 1. The summed E-state index contributed by atoms with van der Waals surface area (Å²) in [4.78, 5) is 44.1. The number of para-hydroxylation sites is 2. The van der Waals surface area contributed by atoms with Crippen LogP contribution in [0.15, 0.2) is 78.2 Å². The Bertz CT molecular complexity index is 4000. The van der Waals surface area contributed by atoms with Gasteiger partial charge < -0.3 is 92.3 Å². The van der Waals surface area contributed by atoms with Gasteiger partial charge >= 0.3 is 5.97 Å². The summed E-state index contributed by atoms with van der Waals surface area (Å²) in [6.07, 6.45) is -13.3. The summed E-state index contributed by atoms with van der Waals surface area (Å²) in [7, 11) is 4.21. The minimum Gasteiger partial charge on any atom is -0.502 e. The highest BCUT2D eigenvalue weighted by Crippen LogP contribution is 2.58. The van der Waals surface area contributed by atoms with Crippen molar-refractivity contribution in [2.45, 2.75) is 79.7 Å². The summed E-state index contributed by atoms with van der Waals surface area (Å²) < 4.78 is 65.7. The molecule has 4 fully saturated rings. The number of amides is 2. The number of phenols is 1. The lowest BCUT2D eigenvalue weighted by Crippen LogP contribution is -2.62. The number of methoxy groups -OCH3 is 3. The highest BCUT2D eigenvalue weighted by Gasteiger charge is 2.57. The van der Waals surface area contributed by atoms with Crippen molar-refractivity contribution in [1.29, 1.82) is 0 Å². The van der Waals surface area contributed by atoms with Gasteiger partial charge in [0.25, 0.3) is 11.8 Å². The van der Waals surface area contributed by atoms with Crippen molar-refractivity contribution in [3.63, 3.8) is 0 Å². The largest absolute Gasteiger partial charge is 0.502 e. The Hall–Kier alpha value is -6.85. The molecule has 0 spiro atoms. The highest BCUT2D eigenvalue weighted by molar-refractivity contribution is 7.10. The van der Waals surface area contributed by atoms with Gasteiger partial charge in [0.05, 0.1) is 94.2 Å². The molecule has 1 aliphatic carbocycles. The van der Waals surface area contributed by atoms with E-state index >= 15 is 0 Å². The number of rotatable bonds is 9. The normalized spacial score (nSPS) is 30.2. The van der Waals surface area contributed by atoms with Gasteiger partial charge in [-0.15, -0.1) is 11.3 Å². The third kappa shape index (κ3) is 8.67. The number of aromatic amines is 1. The number of cyclic esters (lactones) is 1. The summed E-state index contributed by atoms with van der Waals surface area (Å²) in [5, 5.41) is 72.5. The molecule has 444 valence electrons. The first-order valence-electron chi connectivity index (χ1n) is 27.1. The van der Waals surface area contributed by atoms with Gasteiger partial charge in [0.1, 0.15) is 48.8 Å². The average molecular weight is 1230 g/mol. The van der Waals surface area contributed by atoms with E-state index in [2.05, 4.69) is 10.3 Å². The van der Waals surface area contributed by atoms with Crippen molar-refractivity contribution in [3.05, 3.63) is 121 Å². The standard InChI is InChI=1S/C32H32O13S.C27H21Cl2N3O7/c1-37-19-6-13(7-20(38-2)25(19)33)23-14-8-17-18(42-12-41-17)9-15(14)28(16-10-39-30(36)24(16)23)44-32-27(35)26(34)29-21(43-32)11-40-31(45-29)22-4-3-5-46-22;1-38-24-13(8-33)39-27(23(35)22(24)34)32-20-10(5-3-7-12(20)29)15-17-16(25(36)31-26(17)37)14-9-4-2-6-11(28)18(9)30-19(14)21(15)32/h3-9,16,21,23-24,26-29,31-35H,10-12H2,1-2H3;2-7,13,22-24,27,30,33-35H,8H2,1H3,(H,31,36,37)/t16?,21-,23-,24+,26-,27-,28?,29-,31?,32+;13-,22-,23-,24-,27-/m11/s1. The number of aliphatic hydroxyl groups excluding tert-OH is 5. The Morgan fingerprint density at radius 2 is 1.45 bits per heavy atom. The number of aromatic hydroxyl groups is 1. The number of imide groups is 1. The smallest absolute Gasteiger partial charge is 0.310 e. The minimum absolute atomic E-state index is 0.0242. The van der Waals surface area contributed by atoms with Crippen molar-refractivity contribution in [2.24, 2.45) is 11.8 Å². The first kappa shape index (κ1) is 56.0. The van der Waals surface area contributed by atoms with Crippen LogP contribution < -0.4 is 24.3 Å². The molecule has 3 unspecified atom stereocenters. The molecule has 5 aromatic carbocycles. The van der Waals surface area contributed by atoms with Crippen molar-refractivity contribution >= 4 is 95.9 Å². The number of carbonyl (C=O) groups is 3. The summed E-state index contributed by atoms with van der Waals surface area (Å²) in [6.45, 7) is -0.322. The van der Waals surface area contributed by atoms with Crippen LogP contribution in [0.5, 0.6) is 28.7 Å². The molecule has 0 radical (unpaired) electrons. The third-order valence-electron chi connectivity index (χ3n) is 17.2. The summed E-state index contributed by atoms with van der Waals surface area (Å²) >= 11 is 14.7. The monoisotopic (exact) mass is 1230 g/mol. The van der Waals surface area contributed by atoms with E-state index in [-0.39, 0.29) is 53.4 Å². The fourth-order valence-corrected chi connectivity index (χ4v) is 14.6. The van der Waals surface area contributed by atoms with Gasteiger partial charge in [-0.3, -0.25) is 19.7 Å². The maximum Gasteiger partial charge on any atom is 0.310 e. The maximum atomic E-state index is 13.5. The van der Waals surface area contributed by atoms with Gasteiger partial charge in [-0.05, 0) is 64.5 Å². The number of fused-ring (bicyclic) bond motifs is 14. The van der Waals surface area contributed by atoms with Gasteiger partial charge in [0.15, 0.2) is 41.8 Å². The summed E-state index contributed by atoms with van der Waals surface area (Å²) in [6, 6.07) is 21.1. The van der Waals surface area contributed by atoms with Gasteiger partial charge in [0.2, 0.25) is 12.5 Å².